The quantitative estimate of drug-likeness (QED) is 0.0827. The Hall–Kier alpha value is -1.17. The summed E-state index contributed by atoms with van der Waals surface area (Å²) >= 11 is 0. The molecule has 0 aromatic heterocycles. The van der Waals surface area contributed by atoms with Crippen LogP contribution < -0.4 is 0 Å². The average Bonchev–Trinajstić information content (AvgIpc) is 3.66. The van der Waals surface area contributed by atoms with Gasteiger partial charge in [-0.2, -0.15) is 0 Å². The van der Waals surface area contributed by atoms with Crippen molar-refractivity contribution in [3.8, 4) is 0 Å². The maximum Gasteiger partial charge on any atom is 0.187 e. The van der Waals surface area contributed by atoms with Gasteiger partial charge in [0.1, 0.15) is 91.7 Å². The molecule has 430 valence electrons. The van der Waals surface area contributed by atoms with Crippen LogP contribution in [0.5, 0.6) is 0 Å². The number of fused-ring (bicyclic) bond motifs is 4. The number of aliphatic hydroxyl groups excluding tert-OH is 12. The summed E-state index contributed by atoms with van der Waals surface area (Å²) < 4.78 is 56.3. The molecular weight excluding hydrogens is 989 g/mol. The third kappa shape index (κ3) is 8.54. The molecule has 0 aromatic rings. The van der Waals surface area contributed by atoms with Crippen LogP contribution in [0.15, 0.2) is 0 Å². The van der Waals surface area contributed by atoms with Crippen molar-refractivity contribution in [2.75, 3.05) is 26.4 Å². The fourth-order valence-corrected chi connectivity index (χ4v) is 17.6. The van der Waals surface area contributed by atoms with Crippen molar-refractivity contribution < 1.29 is 109 Å². The first-order valence-electron chi connectivity index (χ1n) is 27.5. The predicted octanol–water partition coefficient (Wildman–Crippen LogP) is -1.50. The molecule has 4 unspecified atom stereocenters. The molecule has 2 bridgehead atoms. The van der Waals surface area contributed by atoms with Crippen LogP contribution in [0.4, 0.5) is 0 Å². The molecule has 10 rings (SSSR count). The van der Waals surface area contributed by atoms with Gasteiger partial charge < -0.3 is 109 Å². The van der Waals surface area contributed by atoms with Crippen molar-refractivity contribution in [1.82, 2.24) is 0 Å². The monoisotopic (exact) mass is 1070 g/mol. The maximum absolute atomic E-state index is 12.6. The van der Waals surface area contributed by atoms with Crippen LogP contribution in [0.2, 0.25) is 0 Å². The molecule has 0 aromatic carbocycles. The number of ether oxygens (including phenoxy) is 9. The van der Waals surface area contributed by atoms with Crippen molar-refractivity contribution in [3.05, 3.63) is 0 Å². The fourth-order valence-electron chi connectivity index (χ4n) is 17.6. The summed E-state index contributed by atoms with van der Waals surface area (Å²) in [7, 11) is 0. The number of rotatable bonds is 11. The number of aldehydes is 1. The lowest BCUT2D eigenvalue weighted by Crippen LogP contribution is -2.74. The predicted molar refractivity (Wildman–Crippen MR) is 255 cm³/mol. The van der Waals surface area contributed by atoms with E-state index in [0.29, 0.717) is 25.9 Å². The number of hydrogen-bond donors (Lipinski definition) is 12. The summed E-state index contributed by atoms with van der Waals surface area (Å²) in [5.41, 5.74) is -2.58. The Morgan fingerprint density at radius 1 is 0.560 bits per heavy atom. The first-order valence-corrected chi connectivity index (χ1v) is 27.5. The normalized spacial score (nSPS) is 58.5. The van der Waals surface area contributed by atoms with Gasteiger partial charge >= 0.3 is 0 Å². The zero-order valence-corrected chi connectivity index (χ0v) is 44.3. The molecule has 10 aliphatic rings. The van der Waals surface area contributed by atoms with Crippen LogP contribution in [-0.4, -0.2) is 229 Å². The molecule has 22 heteroatoms. The van der Waals surface area contributed by atoms with Gasteiger partial charge in [0.2, 0.25) is 0 Å². The number of hydrogen-bond acceptors (Lipinski definition) is 22. The van der Waals surface area contributed by atoms with Crippen LogP contribution in [0.1, 0.15) is 113 Å². The molecular formula is C53H86O22. The Morgan fingerprint density at radius 2 is 1.16 bits per heavy atom. The first-order chi connectivity index (χ1) is 35.2. The van der Waals surface area contributed by atoms with E-state index in [1.54, 1.807) is 0 Å². The number of aliphatic hydroxyl groups is 12. The highest BCUT2D eigenvalue weighted by atomic mass is 16.8. The molecule has 0 radical (unpaired) electrons. The van der Waals surface area contributed by atoms with Gasteiger partial charge in [-0.3, -0.25) is 0 Å². The molecule has 22 nitrogen and oxygen atoms in total. The second-order valence-corrected chi connectivity index (χ2v) is 26.2. The molecule has 5 aliphatic heterocycles. The molecule has 10 fully saturated rings. The summed E-state index contributed by atoms with van der Waals surface area (Å²) in [6, 6.07) is 0. The highest BCUT2D eigenvalue weighted by Gasteiger charge is 2.80. The van der Waals surface area contributed by atoms with E-state index in [2.05, 4.69) is 41.5 Å². The van der Waals surface area contributed by atoms with Gasteiger partial charge in [0, 0.05) is 16.2 Å². The molecule has 75 heavy (non-hydrogen) atoms. The second kappa shape index (κ2) is 20.1. The fraction of sp³-hybridized carbons (Fsp3) is 0.981. The standard InChI is InChI=1S/C53H86O22/c1-23-32(58)36(62)39(65)43(69-23)75-42-38(64)34(60)25(19-55)71-46(42)72-26-20-67-45(41(35(26)61)74-44-40(66)37(63)33(59)24(18-54)70-44)73-31-10-11-49(5)27(47(31,2)3)8-12-50(6)28(49)9-13-53-29-16-48(4,21-56)14-15-52(29,22-68-53)30(57)17-51(50,53)7/h21,23-46,54-55,57-66H,8-20,22H2,1-7H3/t23-,24+,25+,26-,27?,28?,29?,30+,31?,32-,33+,34+,35-,36+,37-,38-,39+,40+,41+,42+,43-,44-,45-,46-,48-,49-,50+,51-,52+,53-/m0/s1. The van der Waals surface area contributed by atoms with E-state index >= 15 is 0 Å². The molecule has 0 amide bonds. The highest BCUT2D eigenvalue weighted by Crippen LogP contribution is 2.80. The summed E-state index contributed by atoms with van der Waals surface area (Å²) in [4.78, 5) is 12.6. The SMILES string of the molecule is C[C@@H]1O[C@@H](O[C@H]2[C@H](O[C@H]3CO[C@@H](OC4CC[C@@]5(C)C(CC[C@]6(C)C5CC[C@]57OC[C@@]8(CC[C@](C)(C=O)CC85)[C@H](O)C[C@]76C)C4(C)C)[C@H](O[C@@H]4O[C@H](CO)[C@@H](O)[C@H](O)[C@H]4O)[C@H]3O)O[C@H](CO)[C@@H](O)[C@@H]2O)[C@H](O)[C@H](O)[C@H]1O. The van der Waals surface area contributed by atoms with E-state index in [1.807, 2.05) is 0 Å². The zero-order valence-electron chi connectivity index (χ0n) is 44.3. The molecule has 5 heterocycles. The Bertz CT molecular complexity index is 2050. The van der Waals surface area contributed by atoms with Gasteiger partial charge in [-0.1, -0.05) is 41.5 Å². The Labute approximate surface area is 437 Å². The van der Waals surface area contributed by atoms with Crippen molar-refractivity contribution in [2.45, 2.75) is 247 Å². The zero-order chi connectivity index (χ0) is 54.3. The van der Waals surface area contributed by atoms with E-state index in [4.69, 9.17) is 42.6 Å². The minimum absolute atomic E-state index is 0.0717. The van der Waals surface area contributed by atoms with Crippen molar-refractivity contribution in [2.24, 2.45) is 50.2 Å². The van der Waals surface area contributed by atoms with Gasteiger partial charge in [0.05, 0.1) is 50.3 Å². The topological polar surface area (TPSA) is 343 Å². The van der Waals surface area contributed by atoms with Crippen molar-refractivity contribution in [1.29, 1.82) is 0 Å². The Balaban J connectivity index is 0.902. The maximum atomic E-state index is 12.6. The second-order valence-electron chi connectivity index (χ2n) is 26.2. The van der Waals surface area contributed by atoms with E-state index < -0.39 is 165 Å². The van der Waals surface area contributed by atoms with E-state index in [0.717, 1.165) is 51.2 Å². The van der Waals surface area contributed by atoms with Crippen LogP contribution in [0, 0.1) is 50.2 Å². The molecule has 5 saturated heterocycles. The minimum Gasteiger partial charge on any atom is -0.394 e. The van der Waals surface area contributed by atoms with Crippen molar-refractivity contribution >= 4 is 6.29 Å². The van der Waals surface area contributed by atoms with Crippen LogP contribution in [-0.2, 0) is 47.4 Å². The van der Waals surface area contributed by atoms with Gasteiger partial charge in [-0.05, 0) is 105 Å². The smallest absolute Gasteiger partial charge is 0.187 e. The third-order valence-corrected chi connectivity index (χ3v) is 22.3. The van der Waals surface area contributed by atoms with E-state index in [-0.39, 0.29) is 39.4 Å². The first kappa shape index (κ1) is 57.1. The summed E-state index contributed by atoms with van der Waals surface area (Å²) in [5, 5.41) is 131. The lowest BCUT2D eigenvalue weighted by molar-refractivity contribution is -0.394. The minimum atomic E-state index is -1.89. The lowest BCUT2D eigenvalue weighted by Gasteiger charge is -2.75. The summed E-state index contributed by atoms with van der Waals surface area (Å²) in [6.07, 6.45) is -23.3. The van der Waals surface area contributed by atoms with Crippen LogP contribution in [0.3, 0.4) is 0 Å². The number of carbonyl (C=O) groups is 1. The molecule has 5 aliphatic carbocycles. The summed E-state index contributed by atoms with van der Waals surface area (Å²) in [5.74, 6) is 0.451. The Morgan fingerprint density at radius 3 is 1.81 bits per heavy atom. The Kier molecular flexibility index (Phi) is 15.3. The van der Waals surface area contributed by atoms with E-state index in [1.165, 1.54) is 6.92 Å². The highest BCUT2D eigenvalue weighted by molar-refractivity contribution is 5.59. The number of carbonyl (C=O) groups excluding carboxylic acids is 1. The van der Waals surface area contributed by atoms with Gasteiger partial charge in [0.15, 0.2) is 25.2 Å². The molecule has 5 saturated carbocycles. The average molecular weight is 1080 g/mol. The van der Waals surface area contributed by atoms with Crippen LogP contribution >= 0.6 is 0 Å². The van der Waals surface area contributed by atoms with Gasteiger partial charge in [-0.25, -0.2) is 0 Å². The molecule has 1 spiro atoms. The largest absolute Gasteiger partial charge is 0.394 e. The molecule has 30 atom stereocenters. The van der Waals surface area contributed by atoms with Crippen molar-refractivity contribution in [3.63, 3.8) is 0 Å². The van der Waals surface area contributed by atoms with Crippen LogP contribution in [0.25, 0.3) is 0 Å². The van der Waals surface area contributed by atoms with Gasteiger partial charge in [-0.15, -0.1) is 0 Å². The van der Waals surface area contributed by atoms with Gasteiger partial charge in [0.25, 0.3) is 0 Å². The third-order valence-electron chi connectivity index (χ3n) is 22.3. The summed E-state index contributed by atoms with van der Waals surface area (Å²) in [6.45, 7) is 13.6. The lowest BCUT2D eigenvalue weighted by atomic mass is 9.30. The molecule has 12 N–H and O–H groups in total. The van der Waals surface area contributed by atoms with E-state index in [9.17, 15) is 66.1 Å².